The van der Waals surface area contributed by atoms with Crippen LogP contribution >= 0.6 is 0 Å². The summed E-state index contributed by atoms with van der Waals surface area (Å²) in [6.45, 7) is 4.21. The number of hydrogen-bond acceptors (Lipinski definition) is 3. The molecule has 0 radical (unpaired) electrons. The monoisotopic (exact) mass is 782 g/mol. The lowest BCUT2D eigenvalue weighted by molar-refractivity contribution is -0.123. The van der Waals surface area contributed by atoms with Crippen LogP contribution in [0.25, 0.3) is 0 Å². The van der Waals surface area contributed by atoms with E-state index in [-0.39, 0.29) is 12.5 Å². The summed E-state index contributed by atoms with van der Waals surface area (Å²) in [7, 11) is 0. The molecular formula is C52H95NO3. The van der Waals surface area contributed by atoms with Gasteiger partial charge >= 0.3 is 0 Å². The van der Waals surface area contributed by atoms with Crippen LogP contribution in [0.2, 0.25) is 0 Å². The predicted octanol–water partition coefficient (Wildman–Crippen LogP) is 15.7. The first kappa shape index (κ1) is 54.1. The molecular weight excluding hydrogens is 687 g/mol. The van der Waals surface area contributed by atoms with Crippen LogP contribution in [0.4, 0.5) is 0 Å². The maximum atomic E-state index is 12.4. The van der Waals surface area contributed by atoms with E-state index in [2.05, 4.69) is 67.8 Å². The minimum atomic E-state index is -0.843. The largest absolute Gasteiger partial charge is 0.394 e. The summed E-state index contributed by atoms with van der Waals surface area (Å²) in [4.78, 5) is 12.4. The van der Waals surface area contributed by atoms with Crippen LogP contribution in [0.15, 0.2) is 60.8 Å². The maximum absolute atomic E-state index is 12.4. The molecule has 0 aromatic rings. The summed E-state index contributed by atoms with van der Waals surface area (Å²) in [6.07, 6.45) is 66.3. The highest BCUT2D eigenvalue weighted by Crippen LogP contribution is 2.16. The summed E-state index contributed by atoms with van der Waals surface area (Å²) in [5, 5.41) is 23.1. The van der Waals surface area contributed by atoms with Crippen LogP contribution in [0, 0.1) is 0 Å². The molecule has 0 aliphatic rings. The number of hydrogen-bond donors (Lipinski definition) is 3. The number of carbonyl (C=O) groups is 1. The van der Waals surface area contributed by atoms with E-state index in [1.807, 2.05) is 6.08 Å². The number of nitrogens with one attached hydrogen (secondary N) is 1. The van der Waals surface area contributed by atoms with Crippen molar-refractivity contribution in [2.24, 2.45) is 0 Å². The third-order valence-corrected chi connectivity index (χ3v) is 11.0. The van der Waals surface area contributed by atoms with Gasteiger partial charge in [-0.05, 0) is 57.8 Å². The second kappa shape index (κ2) is 47.5. The Morgan fingerprint density at radius 3 is 1.18 bits per heavy atom. The van der Waals surface area contributed by atoms with Crippen LogP contribution in [0.3, 0.4) is 0 Å². The Morgan fingerprint density at radius 1 is 0.446 bits per heavy atom. The first-order valence-electron chi connectivity index (χ1n) is 24.5. The standard InChI is InChI=1S/C52H95NO3/c1-3-5-7-9-11-13-15-17-19-21-23-25-26-28-30-32-34-36-38-40-42-44-46-48-52(56)53-50(49-54)51(55)47-45-43-41-39-37-35-33-31-29-27-24-22-20-18-16-14-12-10-8-6-4-2/h5,7,11,13,17,19,23,25,45,47,50-51,54-55H,3-4,6,8-10,12,14-16,18,20-22,24,26-44,46,48-49H2,1-2H3,(H,53,56)/b7-5-,13-11-,19-17-,25-23-,47-45+. The Bertz CT molecular complexity index is 934. The van der Waals surface area contributed by atoms with Crippen molar-refractivity contribution in [2.75, 3.05) is 6.61 Å². The lowest BCUT2D eigenvalue weighted by Gasteiger charge is -2.20. The first-order chi connectivity index (χ1) is 27.7. The summed E-state index contributed by atoms with van der Waals surface area (Å²) in [5.41, 5.74) is 0. The van der Waals surface area contributed by atoms with Crippen molar-refractivity contribution in [1.29, 1.82) is 0 Å². The Labute approximate surface area is 349 Å². The van der Waals surface area contributed by atoms with Crippen molar-refractivity contribution in [1.82, 2.24) is 5.32 Å². The highest BCUT2D eigenvalue weighted by Gasteiger charge is 2.17. The van der Waals surface area contributed by atoms with E-state index in [1.54, 1.807) is 6.08 Å². The number of aliphatic hydroxyl groups excluding tert-OH is 2. The van der Waals surface area contributed by atoms with E-state index < -0.39 is 12.1 Å². The fourth-order valence-electron chi connectivity index (χ4n) is 7.29. The fourth-order valence-corrected chi connectivity index (χ4v) is 7.29. The molecule has 0 fully saturated rings. The Morgan fingerprint density at radius 2 is 0.786 bits per heavy atom. The molecule has 0 heterocycles. The van der Waals surface area contributed by atoms with Gasteiger partial charge in [-0.25, -0.2) is 0 Å². The van der Waals surface area contributed by atoms with Gasteiger partial charge in [0.05, 0.1) is 18.8 Å². The lowest BCUT2D eigenvalue weighted by Crippen LogP contribution is -2.45. The molecule has 0 aliphatic heterocycles. The van der Waals surface area contributed by atoms with Gasteiger partial charge in [-0.15, -0.1) is 0 Å². The quantitative estimate of drug-likeness (QED) is 0.0426. The van der Waals surface area contributed by atoms with Gasteiger partial charge in [-0.3, -0.25) is 4.79 Å². The SMILES string of the molecule is CC/C=C\C/C=C\C/C=C\C/C=C\CCCCCCCCCCCCC(=O)NC(CO)C(O)/C=C/CCCCCCCCCCCCCCCCCCCCC. The average Bonchev–Trinajstić information content (AvgIpc) is 3.20. The highest BCUT2D eigenvalue weighted by molar-refractivity contribution is 5.76. The smallest absolute Gasteiger partial charge is 0.220 e. The molecule has 4 heteroatoms. The van der Waals surface area contributed by atoms with Crippen molar-refractivity contribution < 1.29 is 15.0 Å². The molecule has 0 spiro atoms. The van der Waals surface area contributed by atoms with Gasteiger partial charge in [0.25, 0.3) is 0 Å². The summed E-state index contributed by atoms with van der Waals surface area (Å²) >= 11 is 0. The second-order valence-electron chi connectivity index (χ2n) is 16.5. The Hall–Kier alpha value is -1.91. The van der Waals surface area contributed by atoms with E-state index in [4.69, 9.17) is 0 Å². The van der Waals surface area contributed by atoms with Crippen LogP contribution in [-0.2, 0) is 4.79 Å². The zero-order chi connectivity index (χ0) is 40.7. The number of rotatable bonds is 44. The van der Waals surface area contributed by atoms with E-state index >= 15 is 0 Å². The molecule has 0 saturated heterocycles. The summed E-state index contributed by atoms with van der Waals surface area (Å²) in [5.74, 6) is -0.0689. The van der Waals surface area contributed by atoms with Crippen molar-refractivity contribution in [3.8, 4) is 0 Å². The van der Waals surface area contributed by atoms with Crippen LogP contribution in [0.1, 0.15) is 245 Å². The van der Waals surface area contributed by atoms with Gasteiger partial charge in [0, 0.05) is 6.42 Å². The molecule has 0 aromatic heterocycles. The van der Waals surface area contributed by atoms with Crippen molar-refractivity contribution in [3.63, 3.8) is 0 Å². The molecule has 3 N–H and O–H groups in total. The van der Waals surface area contributed by atoms with E-state index in [1.165, 1.54) is 173 Å². The van der Waals surface area contributed by atoms with Gasteiger partial charge in [-0.1, -0.05) is 242 Å². The van der Waals surface area contributed by atoms with Gasteiger partial charge in [-0.2, -0.15) is 0 Å². The highest BCUT2D eigenvalue weighted by atomic mass is 16.3. The second-order valence-corrected chi connectivity index (χ2v) is 16.5. The van der Waals surface area contributed by atoms with Crippen LogP contribution in [0.5, 0.6) is 0 Å². The molecule has 0 aliphatic carbocycles. The molecule has 56 heavy (non-hydrogen) atoms. The Balaban J connectivity index is 3.56. The number of amides is 1. The third-order valence-electron chi connectivity index (χ3n) is 11.0. The molecule has 326 valence electrons. The molecule has 0 rings (SSSR count). The topological polar surface area (TPSA) is 69.6 Å². The van der Waals surface area contributed by atoms with Crippen LogP contribution < -0.4 is 5.32 Å². The van der Waals surface area contributed by atoms with Gasteiger partial charge in [0.2, 0.25) is 5.91 Å². The first-order valence-corrected chi connectivity index (χ1v) is 24.5. The molecule has 2 unspecified atom stereocenters. The normalized spacial score (nSPS) is 13.4. The molecule has 0 bridgehead atoms. The minimum absolute atomic E-state index is 0.0689. The molecule has 0 saturated carbocycles. The lowest BCUT2D eigenvalue weighted by atomic mass is 10.0. The number of unbranched alkanes of at least 4 members (excludes halogenated alkanes) is 29. The van der Waals surface area contributed by atoms with Crippen LogP contribution in [-0.4, -0.2) is 34.9 Å². The predicted molar refractivity (Wildman–Crippen MR) is 248 cm³/mol. The van der Waals surface area contributed by atoms with Crippen molar-refractivity contribution in [2.45, 2.75) is 257 Å². The minimum Gasteiger partial charge on any atom is -0.394 e. The summed E-state index contributed by atoms with van der Waals surface area (Å²) < 4.78 is 0. The zero-order valence-corrected chi connectivity index (χ0v) is 37.4. The Kier molecular flexibility index (Phi) is 45.8. The van der Waals surface area contributed by atoms with Gasteiger partial charge in [0.1, 0.15) is 0 Å². The molecule has 2 atom stereocenters. The number of aliphatic hydroxyl groups is 2. The number of carbonyl (C=O) groups excluding carboxylic acids is 1. The van der Waals surface area contributed by atoms with E-state index in [0.717, 1.165) is 51.4 Å². The van der Waals surface area contributed by atoms with E-state index in [9.17, 15) is 15.0 Å². The zero-order valence-electron chi connectivity index (χ0n) is 37.4. The maximum Gasteiger partial charge on any atom is 0.220 e. The summed E-state index contributed by atoms with van der Waals surface area (Å²) in [6, 6.07) is -0.627. The molecule has 0 aromatic carbocycles. The average molecular weight is 782 g/mol. The fraction of sp³-hybridized carbons (Fsp3) is 0.788. The van der Waals surface area contributed by atoms with E-state index in [0.29, 0.717) is 6.42 Å². The van der Waals surface area contributed by atoms with Gasteiger partial charge < -0.3 is 15.5 Å². The van der Waals surface area contributed by atoms with Gasteiger partial charge in [0.15, 0.2) is 0 Å². The molecule has 4 nitrogen and oxygen atoms in total. The number of allylic oxidation sites excluding steroid dienone is 9. The molecule has 1 amide bonds. The van der Waals surface area contributed by atoms with Crippen molar-refractivity contribution in [3.05, 3.63) is 60.8 Å². The van der Waals surface area contributed by atoms with Crippen molar-refractivity contribution >= 4 is 5.91 Å². The third kappa shape index (κ3) is 43.2.